The number of nitrogens with two attached hydrogens (primary N) is 1. The van der Waals surface area contributed by atoms with Crippen LogP contribution >= 0.6 is 27.5 Å². The van der Waals surface area contributed by atoms with E-state index in [0.717, 1.165) is 18.4 Å². The topological polar surface area (TPSA) is 26.0 Å². The summed E-state index contributed by atoms with van der Waals surface area (Å²) in [5.74, 6) is -0.00525. The lowest BCUT2D eigenvalue weighted by Crippen LogP contribution is -2.21. The van der Waals surface area contributed by atoms with E-state index in [9.17, 15) is 4.39 Å². The molecular weight excluding hydrogens is 280 g/mol. The Labute approximate surface area is 102 Å². The molecule has 0 heterocycles. The van der Waals surface area contributed by atoms with Gasteiger partial charge >= 0.3 is 0 Å². The van der Waals surface area contributed by atoms with Crippen LogP contribution in [0.25, 0.3) is 0 Å². The summed E-state index contributed by atoms with van der Waals surface area (Å²) in [5, 5.41) is 0.561. The fourth-order valence-corrected chi connectivity index (χ4v) is 2.92. The lowest BCUT2D eigenvalue weighted by molar-refractivity contribution is 0.482. The van der Waals surface area contributed by atoms with Crippen molar-refractivity contribution in [1.29, 1.82) is 0 Å². The summed E-state index contributed by atoms with van der Waals surface area (Å²) in [6, 6.07) is 1.28. The molecule has 82 valence electrons. The molecule has 2 atom stereocenters. The Morgan fingerprint density at radius 3 is 2.80 bits per heavy atom. The maximum atomic E-state index is 13.8. The SMILES string of the molecule is CC1CC[C@@H](N)c2c(Cl)c(Br)cc(F)c21. The predicted octanol–water partition coefficient (Wildman–Crippen LogP) is 4.14. The summed E-state index contributed by atoms with van der Waals surface area (Å²) in [6.07, 6.45) is 1.78. The van der Waals surface area contributed by atoms with Gasteiger partial charge in [-0.15, -0.1) is 0 Å². The minimum absolute atomic E-state index is 0.143. The van der Waals surface area contributed by atoms with E-state index >= 15 is 0 Å². The molecule has 4 heteroatoms. The quantitative estimate of drug-likeness (QED) is 0.715. The van der Waals surface area contributed by atoms with Crippen LogP contribution in [0.5, 0.6) is 0 Å². The molecule has 1 unspecified atom stereocenters. The van der Waals surface area contributed by atoms with Crippen molar-refractivity contribution in [2.75, 3.05) is 0 Å². The van der Waals surface area contributed by atoms with Crippen molar-refractivity contribution in [2.45, 2.75) is 31.7 Å². The second kappa shape index (κ2) is 4.04. The lowest BCUT2D eigenvalue weighted by Gasteiger charge is -2.29. The molecule has 1 aromatic rings. The van der Waals surface area contributed by atoms with Gasteiger partial charge in [0, 0.05) is 10.5 Å². The highest BCUT2D eigenvalue weighted by atomic mass is 79.9. The molecule has 0 spiro atoms. The Balaban J connectivity index is 2.71. The lowest BCUT2D eigenvalue weighted by atomic mass is 9.81. The predicted molar refractivity (Wildman–Crippen MR) is 63.7 cm³/mol. The standard InChI is InChI=1S/C11H12BrClFN/c1-5-2-3-8(15)10-9(5)7(14)4-6(12)11(10)13/h4-5,8H,2-3,15H2,1H3/t5?,8-/m1/s1. The molecular formula is C11H12BrClFN. The van der Waals surface area contributed by atoms with Crippen molar-refractivity contribution >= 4 is 27.5 Å². The van der Waals surface area contributed by atoms with Gasteiger partial charge in [-0.25, -0.2) is 4.39 Å². The zero-order valence-electron chi connectivity index (χ0n) is 8.36. The molecule has 0 amide bonds. The van der Waals surface area contributed by atoms with Crippen molar-refractivity contribution in [3.63, 3.8) is 0 Å². The third-order valence-corrected chi connectivity index (χ3v) is 4.28. The molecule has 15 heavy (non-hydrogen) atoms. The van der Waals surface area contributed by atoms with Gasteiger partial charge in [-0.2, -0.15) is 0 Å². The molecule has 0 fully saturated rings. The second-order valence-corrected chi connectivity index (χ2v) is 5.30. The largest absolute Gasteiger partial charge is 0.324 e. The maximum absolute atomic E-state index is 13.8. The Kier molecular flexibility index (Phi) is 3.06. The van der Waals surface area contributed by atoms with E-state index in [-0.39, 0.29) is 17.8 Å². The molecule has 2 N–H and O–H groups in total. The van der Waals surface area contributed by atoms with Gasteiger partial charge in [-0.1, -0.05) is 18.5 Å². The summed E-state index contributed by atoms with van der Waals surface area (Å²) < 4.78 is 14.4. The smallest absolute Gasteiger partial charge is 0.128 e. The zero-order chi connectivity index (χ0) is 11.2. The van der Waals surface area contributed by atoms with E-state index in [0.29, 0.717) is 15.1 Å². The normalized spacial score (nSPS) is 25.1. The molecule has 2 rings (SSSR count). The fraction of sp³-hybridized carbons (Fsp3) is 0.455. The number of benzene rings is 1. The Morgan fingerprint density at radius 2 is 2.13 bits per heavy atom. The van der Waals surface area contributed by atoms with Crippen LogP contribution in [0.1, 0.15) is 42.9 Å². The van der Waals surface area contributed by atoms with E-state index in [2.05, 4.69) is 15.9 Å². The number of rotatable bonds is 0. The van der Waals surface area contributed by atoms with E-state index < -0.39 is 0 Å². The molecule has 0 saturated heterocycles. The van der Waals surface area contributed by atoms with Crippen molar-refractivity contribution in [3.05, 3.63) is 32.5 Å². The molecule has 0 bridgehead atoms. The first-order valence-corrected chi connectivity index (χ1v) is 6.12. The average Bonchev–Trinajstić information content (AvgIpc) is 2.18. The molecule has 1 aliphatic carbocycles. The summed E-state index contributed by atoms with van der Waals surface area (Å²) in [4.78, 5) is 0. The van der Waals surface area contributed by atoms with E-state index in [1.165, 1.54) is 6.07 Å². The third kappa shape index (κ3) is 1.81. The number of hydrogen-bond donors (Lipinski definition) is 1. The highest BCUT2D eigenvalue weighted by molar-refractivity contribution is 9.10. The van der Waals surface area contributed by atoms with Crippen molar-refractivity contribution in [2.24, 2.45) is 5.73 Å². The highest BCUT2D eigenvalue weighted by Crippen LogP contribution is 2.43. The molecule has 1 nitrogen and oxygen atoms in total. The average molecular weight is 293 g/mol. The second-order valence-electron chi connectivity index (χ2n) is 4.07. The highest BCUT2D eigenvalue weighted by Gasteiger charge is 2.28. The molecule has 0 radical (unpaired) electrons. The van der Waals surface area contributed by atoms with Gasteiger partial charge in [0.15, 0.2) is 0 Å². The van der Waals surface area contributed by atoms with Crippen LogP contribution in [0.4, 0.5) is 4.39 Å². The minimum Gasteiger partial charge on any atom is -0.324 e. The van der Waals surface area contributed by atoms with Gasteiger partial charge in [-0.05, 0) is 51.9 Å². The summed E-state index contributed by atoms with van der Waals surface area (Å²) in [5.41, 5.74) is 7.45. The first-order chi connectivity index (χ1) is 7.02. The van der Waals surface area contributed by atoms with Gasteiger partial charge in [0.2, 0.25) is 0 Å². The van der Waals surface area contributed by atoms with Crippen LogP contribution in [-0.4, -0.2) is 0 Å². The Morgan fingerprint density at radius 1 is 1.47 bits per heavy atom. The van der Waals surface area contributed by atoms with Crippen LogP contribution in [0.15, 0.2) is 10.5 Å². The number of hydrogen-bond acceptors (Lipinski definition) is 1. The summed E-state index contributed by atoms with van der Waals surface area (Å²) in [6.45, 7) is 2.01. The van der Waals surface area contributed by atoms with E-state index in [4.69, 9.17) is 17.3 Å². The third-order valence-electron chi connectivity index (χ3n) is 3.02. The van der Waals surface area contributed by atoms with E-state index in [1.54, 1.807) is 0 Å². The van der Waals surface area contributed by atoms with Crippen LogP contribution in [0.2, 0.25) is 5.02 Å². The Hall–Kier alpha value is -0.120. The molecule has 0 aromatic heterocycles. The molecule has 1 aliphatic rings. The van der Waals surface area contributed by atoms with E-state index in [1.807, 2.05) is 6.92 Å². The van der Waals surface area contributed by atoms with Crippen molar-refractivity contribution in [1.82, 2.24) is 0 Å². The summed E-state index contributed by atoms with van der Waals surface area (Å²) >= 11 is 9.39. The van der Waals surface area contributed by atoms with Crippen molar-refractivity contribution in [3.8, 4) is 0 Å². The van der Waals surface area contributed by atoms with Crippen LogP contribution in [-0.2, 0) is 0 Å². The van der Waals surface area contributed by atoms with Gasteiger partial charge in [0.05, 0.1) is 5.02 Å². The van der Waals surface area contributed by atoms with Gasteiger partial charge in [0.25, 0.3) is 0 Å². The van der Waals surface area contributed by atoms with Gasteiger partial charge in [-0.3, -0.25) is 0 Å². The summed E-state index contributed by atoms with van der Waals surface area (Å²) in [7, 11) is 0. The minimum atomic E-state index is -0.205. The fourth-order valence-electron chi connectivity index (χ4n) is 2.21. The molecule has 0 aliphatic heterocycles. The van der Waals surface area contributed by atoms with Crippen molar-refractivity contribution < 1.29 is 4.39 Å². The molecule has 1 aromatic carbocycles. The number of halogens is 3. The first kappa shape index (κ1) is 11.4. The van der Waals surface area contributed by atoms with Crippen LogP contribution < -0.4 is 5.73 Å². The number of fused-ring (bicyclic) bond motifs is 1. The zero-order valence-corrected chi connectivity index (χ0v) is 10.7. The van der Waals surface area contributed by atoms with Crippen LogP contribution in [0, 0.1) is 5.82 Å². The maximum Gasteiger partial charge on any atom is 0.128 e. The first-order valence-electron chi connectivity index (χ1n) is 4.95. The van der Waals surface area contributed by atoms with Gasteiger partial charge < -0.3 is 5.73 Å². The van der Waals surface area contributed by atoms with Gasteiger partial charge in [0.1, 0.15) is 5.82 Å². The van der Waals surface area contributed by atoms with Crippen LogP contribution in [0.3, 0.4) is 0 Å². The Bertz CT molecular complexity index is 408. The molecule has 0 saturated carbocycles. The monoisotopic (exact) mass is 291 g/mol.